The predicted octanol–water partition coefficient (Wildman–Crippen LogP) is 1.97. The summed E-state index contributed by atoms with van der Waals surface area (Å²) in [5.41, 5.74) is 0. The van der Waals surface area contributed by atoms with E-state index in [1.54, 1.807) is 11.3 Å². The van der Waals surface area contributed by atoms with Crippen LogP contribution in [0.15, 0.2) is 6.20 Å². The van der Waals surface area contributed by atoms with Gasteiger partial charge in [-0.25, -0.2) is 4.98 Å². The molecule has 1 aromatic rings. The van der Waals surface area contributed by atoms with Crippen LogP contribution in [0.3, 0.4) is 0 Å². The molecule has 0 aliphatic carbocycles. The lowest BCUT2D eigenvalue weighted by Gasteiger charge is -2.13. The van der Waals surface area contributed by atoms with Crippen molar-refractivity contribution in [3.05, 3.63) is 16.1 Å². The Labute approximate surface area is 94.9 Å². The molecule has 0 saturated carbocycles. The van der Waals surface area contributed by atoms with Gasteiger partial charge < -0.3 is 10.1 Å². The first kappa shape index (κ1) is 11.0. The summed E-state index contributed by atoms with van der Waals surface area (Å²) in [6, 6.07) is 0. The summed E-state index contributed by atoms with van der Waals surface area (Å²) in [5.74, 6) is 0.680. The van der Waals surface area contributed by atoms with Gasteiger partial charge in [-0.3, -0.25) is 0 Å². The van der Waals surface area contributed by atoms with Gasteiger partial charge in [0.1, 0.15) is 0 Å². The molecule has 84 valence electrons. The van der Waals surface area contributed by atoms with Crippen LogP contribution in [0.4, 0.5) is 0 Å². The quantitative estimate of drug-likeness (QED) is 0.852. The summed E-state index contributed by atoms with van der Waals surface area (Å²) < 4.78 is 5.52. The van der Waals surface area contributed by atoms with Gasteiger partial charge in [0, 0.05) is 30.8 Å². The molecular weight excluding hydrogens is 208 g/mol. The number of hydrogen-bond acceptors (Lipinski definition) is 4. The Balaban J connectivity index is 1.70. The third kappa shape index (κ3) is 3.00. The highest BCUT2D eigenvalue weighted by Gasteiger charge is 2.23. The molecule has 2 rings (SSSR count). The van der Waals surface area contributed by atoms with Gasteiger partial charge in [-0.05, 0) is 26.2 Å². The topological polar surface area (TPSA) is 34.2 Å². The van der Waals surface area contributed by atoms with Crippen LogP contribution < -0.4 is 5.32 Å². The van der Waals surface area contributed by atoms with Gasteiger partial charge >= 0.3 is 0 Å². The van der Waals surface area contributed by atoms with Gasteiger partial charge in [-0.2, -0.15) is 0 Å². The van der Waals surface area contributed by atoms with Crippen LogP contribution in [0.25, 0.3) is 0 Å². The van der Waals surface area contributed by atoms with Gasteiger partial charge in [-0.15, -0.1) is 11.3 Å². The Morgan fingerprint density at radius 2 is 2.53 bits per heavy atom. The Morgan fingerprint density at radius 1 is 1.67 bits per heavy atom. The molecule has 1 fully saturated rings. The summed E-state index contributed by atoms with van der Waals surface area (Å²) in [4.78, 5) is 5.55. The summed E-state index contributed by atoms with van der Waals surface area (Å²) in [6.45, 7) is 7.12. The zero-order valence-corrected chi connectivity index (χ0v) is 10.1. The normalized spacial score (nSPS) is 26.0. The number of aromatic nitrogens is 1. The minimum Gasteiger partial charge on any atom is -0.378 e. The Morgan fingerprint density at radius 3 is 3.13 bits per heavy atom. The van der Waals surface area contributed by atoms with Crippen LogP contribution in [-0.4, -0.2) is 24.2 Å². The predicted molar refractivity (Wildman–Crippen MR) is 62.1 cm³/mol. The summed E-state index contributed by atoms with van der Waals surface area (Å²) in [5, 5.41) is 4.62. The van der Waals surface area contributed by atoms with E-state index in [9.17, 15) is 0 Å². The second-order valence-corrected chi connectivity index (χ2v) is 5.42. The molecule has 2 heterocycles. The largest absolute Gasteiger partial charge is 0.378 e. The van der Waals surface area contributed by atoms with Crippen molar-refractivity contribution in [3.8, 4) is 0 Å². The van der Waals surface area contributed by atoms with Crippen molar-refractivity contribution in [1.29, 1.82) is 0 Å². The van der Waals surface area contributed by atoms with E-state index in [-0.39, 0.29) is 0 Å². The molecule has 1 saturated heterocycles. The minimum absolute atomic E-state index is 0.417. The highest BCUT2D eigenvalue weighted by molar-refractivity contribution is 7.11. The number of nitrogens with one attached hydrogen (secondary N) is 1. The zero-order chi connectivity index (χ0) is 10.7. The molecule has 1 aliphatic rings. The third-order valence-electron chi connectivity index (χ3n) is 2.91. The van der Waals surface area contributed by atoms with Gasteiger partial charge in [-0.1, -0.05) is 0 Å². The van der Waals surface area contributed by atoms with E-state index in [0.717, 1.165) is 24.7 Å². The average Bonchev–Trinajstić information content (AvgIpc) is 2.77. The molecule has 1 N–H and O–H groups in total. The molecule has 0 aromatic carbocycles. The highest BCUT2D eigenvalue weighted by atomic mass is 32.1. The standard InChI is InChI=1S/C11H18N2OS/c1-8-10(3-4-14-8)5-12-6-11-7-13-9(2)15-11/h7-8,10,12H,3-6H2,1-2H3. The van der Waals surface area contributed by atoms with E-state index >= 15 is 0 Å². The fraction of sp³-hybridized carbons (Fsp3) is 0.727. The number of aryl methyl sites for hydroxylation is 1. The number of thiazole rings is 1. The Bertz CT molecular complexity index is 313. The van der Waals surface area contributed by atoms with E-state index < -0.39 is 0 Å². The van der Waals surface area contributed by atoms with Crippen molar-refractivity contribution < 1.29 is 4.74 Å². The van der Waals surface area contributed by atoms with Crippen LogP contribution >= 0.6 is 11.3 Å². The fourth-order valence-electron chi connectivity index (χ4n) is 1.91. The summed E-state index contributed by atoms with van der Waals surface area (Å²) in [7, 11) is 0. The fourth-order valence-corrected chi connectivity index (χ4v) is 2.68. The molecule has 0 spiro atoms. The smallest absolute Gasteiger partial charge is 0.0897 e. The van der Waals surface area contributed by atoms with Crippen molar-refractivity contribution >= 4 is 11.3 Å². The van der Waals surface area contributed by atoms with E-state index in [4.69, 9.17) is 4.74 Å². The molecule has 0 amide bonds. The van der Waals surface area contributed by atoms with Gasteiger partial charge in [0.2, 0.25) is 0 Å². The number of ether oxygens (including phenoxy) is 1. The van der Waals surface area contributed by atoms with Gasteiger partial charge in [0.15, 0.2) is 0 Å². The number of rotatable bonds is 4. The number of hydrogen-bond donors (Lipinski definition) is 1. The van der Waals surface area contributed by atoms with Crippen molar-refractivity contribution in [2.45, 2.75) is 32.9 Å². The molecular formula is C11H18N2OS. The lowest BCUT2D eigenvalue weighted by Crippen LogP contribution is -2.26. The van der Waals surface area contributed by atoms with Crippen LogP contribution in [-0.2, 0) is 11.3 Å². The second kappa shape index (κ2) is 5.05. The molecule has 15 heavy (non-hydrogen) atoms. The first-order valence-corrected chi connectivity index (χ1v) is 6.31. The highest BCUT2D eigenvalue weighted by Crippen LogP contribution is 2.19. The molecule has 2 atom stereocenters. The lowest BCUT2D eigenvalue weighted by atomic mass is 10.0. The maximum Gasteiger partial charge on any atom is 0.0897 e. The van der Waals surface area contributed by atoms with Gasteiger partial charge in [0.05, 0.1) is 11.1 Å². The van der Waals surface area contributed by atoms with E-state index in [1.807, 2.05) is 13.1 Å². The summed E-state index contributed by atoms with van der Waals surface area (Å²) in [6.07, 6.45) is 3.57. The minimum atomic E-state index is 0.417. The van der Waals surface area contributed by atoms with Gasteiger partial charge in [0.25, 0.3) is 0 Å². The van der Waals surface area contributed by atoms with Crippen molar-refractivity contribution in [3.63, 3.8) is 0 Å². The molecule has 1 aliphatic heterocycles. The van der Waals surface area contributed by atoms with Crippen LogP contribution in [0, 0.1) is 12.8 Å². The van der Waals surface area contributed by atoms with Crippen molar-refractivity contribution in [2.75, 3.05) is 13.2 Å². The lowest BCUT2D eigenvalue weighted by molar-refractivity contribution is 0.105. The molecule has 0 bridgehead atoms. The van der Waals surface area contributed by atoms with Crippen LogP contribution in [0.5, 0.6) is 0 Å². The first-order valence-electron chi connectivity index (χ1n) is 5.49. The van der Waals surface area contributed by atoms with E-state index in [2.05, 4.69) is 17.2 Å². The zero-order valence-electron chi connectivity index (χ0n) is 9.32. The average molecular weight is 226 g/mol. The van der Waals surface area contributed by atoms with Crippen LogP contribution in [0.2, 0.25) is 0 Å². The number of nitrogens with zero attached hydrogens (tertiary/aromatic N) is 1. The first-order chi connectivity index (χ1) is 7.25. The molecule has 3 nitrogen and oxygen atoms in total. The molecule has 2 unspecified atom stereocenters. The van der Waals surface area contributed by atoms with Crippen molar-refractivity contribution in [1.82, 2.24) is 10.3 Å². The Kier molecular flexibility index (Phi) is 3.72. The molecule has 4 heteroatoms. The van der Waals surface area contributed by atoms with E-state index in [0.29, 0.717) is 12.0 Å². The molecule has 1 aromatic heterocycles. The van der Waals surface area contributed by atoms with Crippen LogP contribution in [0.1, 0.15) is 23.2 Å². The maximum absolute atomic E-state index is 5.52. The maximum atomic E-state index is 5.52. The summed E-state index contributed by atoms with van der Waals surface area (Å²) >= 11 is 1.77. The Hall–Kier alpha value is -0.450. The van der Waals surface area contributed by atoms with E-state index in [1.165, 1.54) is 11.3 Å². The van der Waals surface area contributed by atoms with Crippen molar-refractivity contribution in [2.24, 2.45) is 5.92 Å². The molecule has 0 radical (unpaired) electrons. The second-order valence-electron chi connectivity index (χ2n) is 4.10. The SMILES string of the molecule is Cc1ncc(CNCC2CCOC2C)s1. The monoisotopic (exact) mass is 226 g/mol. The third-order valence-corrected chi connectivity index (χ3v) is 3.82.